The van der Waals surface area contributed by atoms with E-state index in [1.54, 1.807) is 57.4 Å². The molecule has 6 N–H and O–H groups in total. The van der Waals surface area contributed by atoms with E-state index in [9.17, 15) is 22.6 Å². The number of hydrogen-bond acceptors (Lipinski definition) is 8. The number of carbonyl (C=O) groups excluding carboxylic acids is 2. The first-order chi connectivity index (χ1) is 21.4. The number of hydrogen-bond donors (Lipinski definition) is 5. The minimum atomic E-state index is -4.05. The van der Waals surface area contributed by atoms with E-state index < -0.39 is 35.2 Å². The standard InChI is InChI=1S/C30H39N4O8PS3/c1-19-11-9-14-22(33-28(35)32-15-7-6-8-16-43(37,38)39)25(19)20-12-10-13-21(17-20)46(40,41)24-18-23(45-27(24)44-5)26(31)34-29(36)42-30(2,3)4/h9-14,17-18H,6-8,15-16H2,1-5H3,(H2,31,34,36)(H2,32,33,35)(H2,37,38,39). The van der Waals surface area contributed by atoms with E-state index in [-0.39, 0.29) is 21.8 Å². The zero-order chi connectivity index (χ0) is 34.3. The third-order valence-corrected chi connectivity index (χ3v) is 11.6. The topological polar surface area (TPSA) is 197 Å². The van der Waals surface area contributed by atoms with Crippen molar-refractivity contribution in [1.29, 1.82) is 0 Å². The molecule has 3 rings (SSSR count). The fourth-order valence-electron chi connectivity index (χ4n) is 4.34. The summed E-state index contributed by atoms with van der Waals surface area (Å²) in [6, 6.07) is 12.7. The summed E-state index contributed by atoms with van der Waals surface area (Å²) in [5, 5.41) is 5.57. The molecule has 2 aromatic carbocycles. The average Bonchev–Trinajstić information content (AvgIpc) is 3.39. The molecule has 1 aromatic heterocycles. The molecule has 0 aliphatic rings. The van der Waals surface area contributed by atoms with Crippen LogP contribution in [0.3, 0.4) is 0 Å². The van der Waals surface area contributed by atoms with Gasteiger partial charge in [0, 0.05) is 18.3 Å². The lowest BCUT2D eigenvalue weighted by Gasteiger charge is -2.17. The van der Waals surface area contributed by atoms with Gasteiger partial charge in [0.15, 0.2) is 0 Å². The van der Waals surface area contributed by atoms with Crippen molar-refractivity contribution in [2.75, 3.05) is 24.3 Å². The van der Waals surface area contributed by atoms with Gasteiger partial charge in [0.05, 0.1) is 24.6 Å². The highest BCUT2D eigenvalue weighted by Crippen LogP contribution is 2.39. The summed E-state index contributed by atoms with van der Waals surface area (Å²) in [6.45, 7) is 7.26. The number of nitrogens with one attached hydrogen (secondary N) is 2. The van der Waals surface area contributed by atoms with E-state index >= 15 is 0 Å². The van der Waals surface area contributed by atoms with Crippen LogP contribution in [-0.4, -0.2) is 60.7 Å². The summed E-state index contributed by atoms with van der Waals surface area (Å²) >= 11 is 2.34. The molecular weight excluding hydrogens is 672 g/mol. The number of nitrogens with zero attached hydrogens (tertiary/aromatic N) is 1. The first kappa shape index (κ1) is 37.3. The van der Waals surface area contributed by atoms with Crippen LogP contribution in [0.2, 0.25) is 0 Å². The van der Waals surface area contributed by atoms with Crippen LogP contribution < -0.4 is 16.4 Å². The number of sulfone groups is 1. The fourth-order valence-corrected chi connectivity index (χ4v) is 8.92. The number of unbranched alkanes of at least 4 members (excludes halogenated alkanes) is 2. The lowest BCUT2D eigenvalue weighted by molar-refractivity contribution is 0.0604. The quantitative estimate of drug-likeness (QED) is 0.0462. The second kappa shape index (κ2) is 15.6. The van der Waals surface area contributed by atoms with Crippen LogP contribution in [0.25, 0.3) is 11.1 Å². The molecule has 3 amide bonds. The first-order valence-electron chi connectivity index (χ1n) is 14.2. The number of ether oxygens (including phenoxy) is 1. The minimum Gasteiger partial charge on any atom is -0.442 e. The summed E-state index contributed by atoms with van der Waals surface area (Å²) < 4.78 is 44.5. The molecule has 0 saturated carbocycles. The highest BCUT2D eigenvalue weighted by molar-refractivity contribution is 8.01. The highest BCUT2D eigenvalue weighted by atomic mass is 32.2. The molecule has 0 spiro atoms. The van der Waals surface area contributed by atoms with Crippen LogP contribution in [0.15, 0.2) is 67.5 Å². The normalized spacial score (nSPS) is 12.5. The van der Waals surface area contributed by atoms with Crippen molar-refractivity contribution in [3.8, 4) is 11.1 Å². The molecule has 0 unspecified atom stereocenters. The smallest absolute Gasteiger partial charge is 0.436 e. The molecule has 16 heteroatoms. The van der Waals surface area contributed by atoms with E-state index in [1.807, 2.05) is 13.0 Å². The third kappa shape index (κ3) is 10.7. The highest BCUT2D eigenvalue weighted by Gasteiger charge is 2.26. The molecule has 46 heavy (non-hydrogen) atoms. The van der Waals surface area contributed by atoms with E-state index in [2.05, 4.69) is 15.6 Å². The molecule has 0 aliphatic carbocycles. The summed E-state index contributed by atoms with van der Waals surface area (Å²) in [4.78, 5) is 46.9. The number of amidine groups is 1. The summed E-state index contributed by atoms with van der Waals surface area (Å²) in [7, 11) is -8.08. The molecule has 0 aliphatic heterocycles. The van der Waals surface area contributed by atoms with E-state index in [0.717, 1.165) is 16.9 Å². The van der Waals surface area contributed by atoms with Crippen molar-refractivity contribution in [3.63, 3.8) is 0 Å². The first-order valence-corrected chi connectivity index (χ1v) is 19.5. The number of anilines is 1. The van der Waals surface area contributed by atoms with Crippen molar-refractivity contribution in [2.24, 2.45) is 10.7 Å². The Kier molecular flexibility index (Phi) is 12.6. The zero-order valence-corrected chi connectivity index (χ0v) is 29.5. The number of carbonyl (C=O) groups is 2. The van der Waals surface area contributed by atoms with Gasteiger partial charge in [0.25, 0.3) is 0 Å². The van der Waals surface area contributed by atoms with Crippen LogP contribution in [0.1, 0.15) is 50.5 Å². The van der Waals surface area contributed by atoms with Gasteiger partial charge in [-0.2, -0.15) is 4.99 Å². The van der Waals surface area contributed by atoms with Gasteiger partial charge in [-0.1, -0.05) is 30.7 Å². The predicted octanol–water partition coefficient (Wildman–Crippen LogP) is 6.39. The summed E-state index contributed by atoms with van der Waals surface area (Å²) in [5.41, 5.74) is 7.78. The van der Waals surface area contributed by atoms with Crippen LogP contribution >= 0.6 is 30.7 Å². The molecule has 0 saturated heterocycles. The number of amides is 3. The van der Waals surface area contributed by atoms with Crippen molar-refractivity contribution in [3.05, 3.63) is 59.0 Å². The maximum absolute atomic E-state index is 13.9. The van der Waals surface area contributed by atoms with Crippen LogP contribution in [0.4, 0.5) is 15.3 Å². The summed E-state index contributed by atoms with van der Waals surface area (Å²) in [6.07, 6.45) is 2.13. The van der Waals surface area contributed by atoms with Gasteiger partial charge in [-0.3, -0.25) is 4.57 Å². The molecule has 0 fully saturated rings. The maximum atomic E-state index is 13.9. The van der Waals surface area contributed by atoms with Crippen molar-refractivity contribution in [1.82, 2.24) is 5.32 Å². The number of aliphatic imine (C=N–C) groups is 1. The SMILES string of the molecule is CSc1sc(/C(N)=N\C(=O)OC(C)(C)C)cc1S(=O)(=O)c1cccc(-c2c(C)cccc2NC(=O)NCCCCCP(=O)(O)O)c1. The predicted molar refractivity (Wildman–Crippen MR) is 183 cm³/mol. The number of benzene rings is 2. The number of nitrogens with two attached hydrogens (primary N) is 1. The molecule has 1 heterocycles. The van der Waals surface area contributed by atoms with Gasteiger partial charge < -0.3 is 30.9 Å². The molecule has 12 nitrogen and oxygen atoms in total. The van der Waals surface area contributed by atoms with Crippen molar-refractivity contribution >= 4 is 64.2 Å². The number of rotatable bonds is 12. The third-order valence-electron chi connectivity index (χ3n) is 6.36. The molecule has 0 bridgehead atoms. The van der Waals surface area contributed by atoms with Crippen LogP contribution in [0.5, 0.6) is 0 Å². The van der Waals surface area contributed by atoms with E-state index in [1.165, 1.54) is 23.9 Å². The molecule has 3 aromatic rings. The fraction of sp³-hybridized carbons (Fsp3) is 0.367. The lowest BCUT2D eigenvalue weighted by atomic mass is 9.98. The lowest BCUT2D eigenvalue weighted by Crippen LogP contribution is -2.29. The van der Waals surface area contributed by atoms with Gasteiger partial charge in [-0.05, 0) is 82.2 Å². The van der Waals surface area contributed by atoms with Crippen LogP contribution in [0, 0.1) is 6.92 Å². The number of thioether (sulfide) groups is 1. The van der Waals surface area contributed by atoms with Crippen LogP contribution in [-0.2, 0) is 19.1 Å². The minimum absolute atomic E-state index is 0.0289. The number of urea groups is 1. The van der Waals surface area contributed by atoms with Gasteiger partial charge >= 0.3 is 19.7 Å². The zero-order valence-electron chi connectivity index (χ0n) is 26.2. The van der Waals surface area contributed by atoms with Gasteiger partial charge in [-0.25, -0.2) is 18.0 Å². The Morgan fingerprint density at radius 1 is 1.09 bits per heavy atom. The second-order valence-corrected chi connectivity index (χ2v) is 17.1. The molecule has 0 atom stereocenters. The Morgan fingerprint density at radius 2 is 1.78 bits per heavy atom. The van der Waals surface area contributed by atoms with E-state index in [4.69, 9.17) is 20.3 Å². The Balaban J connectivity index is 1.85. The maximum Gasteiger partial charge on any atom is 0.436 e. The Labute approximate surface area is 277 Å². The van der Waals surface area contributed by atoms with Gasteiger partial charge in [-0.15, -0.1) is 23.1 Å². The van der Waals surface area contributed by atoms with Gasteiger partial charge in [0.1, 0.15) is 11.4 Å². The van der Waals surface area contributed by atoms with Gasteiger partial charge in [0.2, 0.25) is 9.84 Å². The Hall–Kier alpha value is -3.20. The number of aryl methyl sites for hydroxylation is 1. The second-order valence-electron chi connectivity index (χ2n) is 11.3. The average molecular weight is 711 g/mol. The number of thiophene rings is 1. The molecule has 250 valence electrons. The van der Waals surface area contributed by atoms with Crippen molar-refractivity contribution in [2.45, 2.75) is 66.6 Å². The van der Waals surface area contributed by atoms with E-state index in [0.29, 0.717) is 51.7 Å². The molecule has 0 radical (unpaired) electrons. The monoisotopic (exact) mass is 710 g/mol. The Bertz CT molecular complexity index is 1760. The van der Waals surface area contributed by atoms with Crippen molar-refractivity contribution < 1.29 is 37.1 Å². The summed E-state index contributed by atoms with van der Waals surface area (Å²) in [5.74, 6) is -0.153. The largest absolute Gasteiger partial charge is 0.442 e. The molecular formula is C30H39N4O8PS3. The Morgan fingerprint density at radius 3 is 2.43 bits per heavy atom.